The van der Waals surface area contributed by atoms with E-state index >= 15 is 0 Å². The molecule has 0 aliphatic heterocycles. The molecule has 1 atom stereocenters. The Kier molecular flexibility index (Phi) is 5.62. The van der Waals surface area contributed by atoms with Crippen LogP contribution in [0.1, 0.15) is 68.2 Å². The van der Waals surface area contributed by atoms with Crippen LogP contribution in [0.4, 0.5) is 0 Å². The van der Waals surface area contributed by atoms with Gasteiger partial charge in [0.05, 0.1) is 0 Å². The van der Waals surface area contributed by atoms with Gasteiger partial charge in [-0.05, 0) is 55.2 Å². The Hall–Kier alpha value is -0.860. The van der Waals surface area contributed by atoms with Crippen LogP contribution in [0.3, 0.4) is 0 Å². The molecule has 0 aromatic heterocycles. The fourth-order valence-electron chi connectivity index (χ4n) is 3.81. The lowest BCUT2D eigenvalue weighted by Crippen LogP contribution is -2.36. The molecular weight excluding hydrogens is 244 g/mol. The number of hydrazine groups is 1. The van der Waals surface area contributed by atoms with Crippen molar-refractivity contribution in [3.05, 3.63) is 34.9 Å². The van der Waals surface area contributed by atoms with Gasteiger partial charge in [-0.3, -0.25) is 11.3 Å². The first-order valence-electron chi connectivity index (χ1n) is 8.19. The fraction of sp³-hybridized carbons (Fsp3) is 0.667. The average molecular weight is 274 g/mol. The number of hydrogen-bond acceptors (Lipinski definition) is 2. The Bertz CT molecular complexity index is 419. The van der Waals surface area contributed by atoms with Crippen molar-refractivity contribution in [3.63, 3.8) is 0 Å². The van der Waals surface area contributed by atoms with E-state index in [4.69, 9.17) is 5.84 Å². The van der Waals surface area contributed by atoms with E-state index in [0.29, 0.717) is 12.0 Å². The number of aryl methyl sites for hydroxylation is 1. The molecule has 20 heavy (non-hydrogen) atoms. The lowest BCUT2D eigenvalue weighted by molar-refractivity contribution is 0.214. The molecule has 0 amide bonds. The molecule has 1 unspecified atom stereocenters. The second kappa shape index (κ2) is 7.24. The first kappa shape index (κ1) is 15.5. The molecule has 0 spiro atoms. The molecule has 0 bridgehead atoms. The third kappa shape index (κ3) is 3.42. The lowest BCUT2D eigenvalue weighted by Gasteiger charge is -2.34. The highest BCUT2D eigenvalue weighted by Gasteiger charge is 2.28. The van der Waals surface area contributed by atoms with Gasteiger partial charge >= 0.3 is 0 Å². The smallest absolute Gasteiger partial charge is 0.0490 e. The standard InChI is InChI=1S/C18H30N2/c1-4-6-15-9-11-16(12-10-15)18(20-19)17-8-5-7-13(2)14(17)3/h5,7-8,15-16,18,20H,4,6,9-12,19H2,1-3H3. The molecular formula is C18H30N2. The molecule has 2 rings (SSSR count). The average Bonchev–Trinajstić information content (AvgIpc) is 2.46. The Labute approximate surface area is 124 Å². The molecule has 1 fully saturated rings. The van der Waals surface area contributed by atoms with Crippen molar-refractivity contribution in [1.82, 2.24) is 5.43 Å². The first-order chi connectivity index (χ1) is 9.67. The van der Waals surface area contributed by atoms with Crippen LogP contribution in [0.25, 0.3) is 0 Å². The number of rotatable bonds is 5. The van der Waals surface area contributed by atoms with Crippen LogP contribution in [-0.4, -0.2) is 0 Å². The second-order valence-corrected chi connectivity index (χ2v) is 6.50. The van der Waals surface area contributed by atoms with E-state index in [1.807, 2.05) is 0 Å². The molecule has 0 heterocycles. The number of nitrogens with one attached hydrogen (secondary N) is 1. The van der Waals surface area contributed by atoms with Gasteiger partial charge in [0.25, 0.3) is 0 Å². The maximum atomic E-state index is 5.90. The van der Waals surface area contributed by atoms with E-state index in [1.165, 1.54) is 55.2 Å². The van der Waals surface area contributed by atoms with Gasteiger partial charge in [0.15, 0.2) is 0 Å². The maximum Gasteiger partial charge on any atom is 0.0490 e. The summed E-state index contributed by atoms with van der Waals surface area (Å²) in [6.07, 6.45) is 8.10. The molecule has 1 aliphatic rings. The Morgan fingerprint density at radius 3 is 2.50 bits per heavy atom. The molecule has 0 radical (unpaired) electrons. The Morgan fingerprint density at radius 2 is 1.90 bits per heavy atom. The van der Waals surface area contributed by atoms with E-state index < -0.39 is 0 Å². The van der Waals surface area contributed by atoms with Crippen molar-refractivity contribution in [3.8, 4) is 0 Å². The second-order valence-electron chi connectivity index (χ2n) is 6.50. The van der Waals surface area contributed by atoms with Crippen molar-refractivity contribution in [2.24, 2.45) is 17.7 Å². The van der Waals surface area contributed by atoms with Gasteiger partial charge in [0, 0.05) is 6.04 Å². The molecule has 3 N–H and O–H groups in total. The van der Waals surface area contributed by atoms with Gasteiger partial charge in [-0.25, -0.2) is 0 Å². The summed E-state index contributed by atoms with van der Waals surface area (Å²) in [7, 11) is 0. The zero-order chi connectivity index (χ0) is 14.5. The first-order valence-corrected chi connectivity index (χ1v) is 8.19. The SMILES string of the molecule is CCCC1CCC(C(NN)c2cccc(C)c2C)CC1. The molecule has 2 nitrogen and oxygen atoms in total. The van der Waals surface area contributed by atoms with Crippen LogP contribution < -0.4 is 11.3 Å². The maximum absolute atomic E-state index is 5.90. The van der Waals surface area contributed by atoms with E-state index in [2.05, 4.69) is 44.4 Å². The van der Waals surface area contributed by atoms with Crippen LogP contribution in [0.15, 0.2) is 18.2 Å². The topological polar surface area (TPSA) is 38.0 Å². The van der Waals surface area contributed by atoms with E-state index in [-0.39, 0.29) is 0 Å². The Morgan fingerprint density at radius 1 is 1.20 bits per heavy atom. The van der Waals surface area contributed by atoms with Crippen LogP contribution in [0.5, 0.6) is 0 Å². The van der Waals surface area contributed by atoms with Crippen LogP contribution in [0.2, 0.25) is 0 Å². The van der Waals surface area contributed by atoms with E-state index in [0.717, 1.165) is 5.92 Å². The summed E-state index contributed by atoms with van der Waals surface area (Å²) in [5.74, 6) is 7.54. The number of benzene rings is 1. The highest BCUT2D eigenvalue weighted by Crippen LogP contribution is 2.39. The predicted molar refractivity (Wildman–Crippen MR) is 86.3 cm³/mol. The van der Waals surface area contributed by atoms with Crippen LogP contribution >= 0.6 is 0 Å². The minimum atomic E-state index is 0.317. The fourth-order valence-corrected chi connectivity index (χ4v) is 3.81. The van der Waals surface area contributed by atoms with Gasteiger partial charge < -0.3 is 0 Å². The molecule has 1 aromatic rings. The highest BCUT2D eigenvalue weighted by molar-refractivity contribution is 5.35. The number of hydrogen-bond donors (Lipinski definition) is 2. The van der Waals surface area contributed by atoms with Crippen molar-refractivity contribution in [1.29, 1.82) is 0 Å². The summed E-state index contributed by atoms with van der Waals surface area (Å²) in [4.78, 5) is 0. The lowest BCUT2D eigenvalue weighted by atomic mass is 9.75. The zero-order valence-electron chi connectivity index (χ0n) is 13.3. The van der Waals surface area contributed by atoms with Crippen molar-refractivity contribution < 1.29 is 0 Å². The highest BCUT2D eigenvalue weighted by atomic mass is 15.2. The van der Waals surface area contributed by atoms with E-state index in [1.54, 1.807) is 0 Å². The molecule has 2 heteroatoms. The normalized spacial score (nSPS) is 24.6. The van der Waals surface area contributed by atoms with Crippen molar-refractivity contribution in [2.75, 3.05) is 0 Å². The van der Waals surface area contributed by atoms with Crippen LogP contribution in [-0.2, 0) is 0 Å². The quantitative estimate of drug-likeness (QED) is 0.616. The Balaban J connectivity index is 2.08. The largest absolute Gasteiger partial charge is 0.271 e. The summed E-state index contributed by atoms with van der Waals surface area (Å²) < 4.78 is 0. The van der Waals surface area contributed by atoms with E-state index in [9.17, 15) is 0 Å². The number of nitrogens with two attached hydrogens (primary N) is 1. The molecule has 1 saturated carbocycles. The minimum Gasteiger partial charge on any atom is -0.271 e. The van der Waals surface area contributed by atoms with Gasteiger partial charge in [-0.2, -0.15) is 0 Å². The van der Waals surface area contributed by atoms with Crippen molar-refractivity contribution in [2.45, 2.75) is 65.3 Å². The predicted octanol–water partition coefficient (Wildman–Crippen LogP) is 4.41. The molecule has 0 saturated heterocycles. The zero-order valence-corrected chi connectivity index (χ0v) is 13.3. The molecule has 1 aliphatic carbocycles. The summed E-state index contributed by atoms with van der Waals surface area (Å²) in [6.45, 7) is 6.70. The van der Waals surface area contributed by atoms with Gasteiger partial charge in [-0.1, -0.05) is 50.8 Å². The monoisotopic (exact) mass is 274 g/mol. The van der Waals surface area contributed by atoms with Gasteiger partial charge in [0.2, 0.25) is 0 Å². The summed E-state index contributed by atoms with van der Waals surface area (Å²) in [6, 6.07) is 6.90. The third-order valence-corrected chi connectivity index (χ3v) is 5.22. The molecule has 1 aromatic carbocycles. The summed E-state index contributed by atoms with van der Waals surface area (Å²) >= 11 is 0. The summed E-state index contributed by atoms with van der Waals surface area (Å²) in [5.41, 5.74) is 7.26. The minimum absolute atomic E-state index is 0.317. The molecule has 112 valence electrons. The van der Waals surface area contributed by atoms with Gasteiger partial charge in [0.1, 0.15) is 0 Å². The van der Waals surface area contributed by atoms with Crippen molar-refractivity contribution >= 4 is 0 Å². The summed E-state index contributed by atoms with van der Waals surface area (Å²) in [5, 5.41) is 0. The van der Waals surface area contributed by atoms with Gasteiger partial charge in [-0.15, -0.1) is 0 Å². The third-order valence-electron chi connectivity index (χ3n) is 5.22. The van der Waals surface area contributed by atoms with Crippen LogP contribution in [0, 0.1) is 25.7 Å².